The molecule has 0 atom stereocenters. The summed E-state index contributed by atoms with van der Waals surface area (Å²) in [6.45, 7) is 4.33. The Labute approximate surface area is 143 Å². The first-order chi connectivity index (χ1) is 9.01. The number of ether oxygens (including phenoxy) is 3. The molecule has 0 saturated heterocycles. The number of esters is 3. The van der Waals surface area contributed by atoms with Gasteiger partial charge in [-0.25, -0.2) is 4.79 Å². The van der Waals surface area contributed by atoms with Crippen LogP contribution in [-0.2, 0) is 61.3 Å². The predicted molar refractivity (Wildman–Crippen MR) is 64.8 cm³/mol. The van der Waals surface area contributed by atoms with Crippen LogP contribution in [0.3, 0.4) is 0 Å². The van der Waals surface area contributed by atoms with Gasteiger partial charge in [0.25, 0.3) is 0 Å². The summed E-state index contributed by atoms with van der Waals surface area (Å²) in [4.78, 5) is 32.9. The third-order valence-corrected chi connectivity index (χ3v) is 2.86. The Balaban J connectivity index is 0.00000361. The van der Waals surface area contributed by atoms with Crippen molar-refractivity contribution < 1.29 is 61.3 Å². The van der Waals surface area contributed by atoms with Crippen molar-refractivity contribution in [3.8, 4) is 0 Å². The molecule has 0 aliphatic heterocycles. The van der Waals surface area contributed by atoms with E-state index >= 15 is 0 Å². The summed E-state index contributed by atoms with van der Waals surface area (Å²) >= 11 is 0. The van der Waals surface area contributed by atoms with Crippen LogP contribution in [0.4, 0.5) is 0 Å². The molecule has 0 N–H and O–H groups in total. The summed E-state index contributed by atoms with van der Waals surface area (Å²) in [5.74, 6) is -1.54. The van der Waals surface area contributed by atoms with Crippen LogP contribution in [0.5, 0.6) is 0 Å². The van der Waals surface area contributed by atoms with Gasteiger partial charge in [0.05, 0.1) is 0 Å². The van der Waals surface area contributed by atoms with Gasteiger partial charge < -0.3 is 14.2 Å². The zero-order valence-corrected chi connectivity index (χ0v) is 14.5. The molecule has 0 aromatic rings. The summed E-state index contributed by atoms with van der Waals surface area (Å²) in [6.07, 6.45) is 2.73. The van der Waals surface area contributed by atoms with E-state index in [1.807, 2.05) is 0 Å². The van der Waals surface area contributed by atoms with Crippen LogP contribution in [0.1, 0.15) is 39.0 Å². The fourth-order valence-corrected chi connectivity index (χ4v) is 1.90. The fourth-order valence-electron chi connectivity index (χ4n) is 1.90. The Morgan fingerprint density at radius 3 is 1.85 bits per heavy atom. The Kier molecular flexibility index (Phi) is 9.85. The maximum absolute atomic E-state index is 11.3. The molecular weight excluding hydrogens is 341 g/mol. The van der Waals surface area contributed by atoms with Crippen LogP contribution < -0.4 is 0 Å². The van der Waals surface area contributed by atoms with Crippen LogP contribution >= 0.6 is 0 Å². The summed E-state index contributed by atoms with van der Waals surface area (Å²) in [5, 5.41) is 0. The molecule has 1 rings (SSSR count). The molecule has 1 aliphatic carbocycles. The van der Waals surface area contributed by atoms with Crippen LogP contribution in [0.15, 0.2) is 0 Å². The minimum Gasteiger partial charge on any atom is -0.477 e. The van der Waals surface area contributed by atoms with E-state index in [-0.39, 0.29) is 50.9 Å². The van der Waals surface area contributed by atoms with Crippen molar-refractivity contribution in [2.24, 2.45) is 0 Å². The molecule has 0 aromatic heterocycles. The number of hydrogen-bond acceptors (Lipinski definition) is 6. The number of carbonyl (C=O) groups excluding carboxylic acids is 3. The van der Waals surface area contributed by atoms with Gasteiger partial charge in [-0.3, -0.25) is 16.5 Å². The molecule has 0 spiro atoms. The summed E-state index contributed by atoms with van der Waals surface area (Å²) in [5.41, 5.74) is 0. The Morgan fingerprint density at radius 2 is 1.45 bits per heavy atom. The first-order valence-corrected chi connectivity index (χ1v) is 6.39. The quantitative estimate of drug-likeness (QED) is 0.416. The average molecular weight is 360 g/mol. The molecule has 0 unspecified atom stereocenters. The first-order valence-electron chi connectivity index (χ1n) is 6.39. The van der Waals surface area contributed by atoms with Gasteiger partial charge in [0.1, 0.15) is 12.2 Å². The van der Waals surface area contributed by atoms with Gasteiger partial charge in [-0.1, -0.05) is 6.92 Å². The topological polar surface area (TPSA) is 78.9 Å². The largest absolute Gasteiger partial charge is 0.477 e. The van der Waals surface area contributed by atoms with Crippen LogP contribution in [0, 0.1) is 6.92 Å². The normalized spacial score (nSPS) is 21.2. The second kappa shape index (κ2) is 10.2. The van der Waals surface area contributed by atoms with Crippen molar-refractivity contribution in [3.63, 3.8) is 0 Å². The second-order valence-electron chi connectivity index (χ2n) is 4.39. The Morgan fingerprint density at radius 1 is 1.00 bits per heavy atom. The maximum atomic E-state index is 11.3. The van der Waals surface area contributed by atoms with Crippen LogP contribution in [0.25, 0.3) is 0 Å². The minimum absolute atomic E-state index is 0. The van der Waals surface area contributed by atoms with E-state index in [9.17, 15) is 14.4 Å². The molecule has 6 nitrogen and oxygen atoms in total. The molecule has 7 heteroatoms. The van der Waals surface area contributed by atoms with Gasteiger partial charge >= 0.3 is 11.9 Å². The fraction of sp³-hybridized carbons (Fsp3) is 0.692. The third-order valence-electron chi connectivity index (χ3n) is 2.86. The maximum Gasteiger partial charge on any atom is 0.344 e. The Hall–Kier alpha value is -0.616. The predicted octanol–water partition coefficient (Wildman–Crippen LogP) is 1.17. The molecule has 1 fully saturated rings. The van der Waals surface area contributed by atoms with Crippen molar-refractivity contribution in [1.29, 1.82) is 0 Å². The molecular formula is C13H19O6Y-. The van der Waals surface area contributed by atoms with E-state index in [4.69, 9.17) is 9.47 Å². The van der Waals surface area contributed by atoms with Crippen molar-refractivity contribution in [1.82, 2.24) is 0 Å². The van der Waals surface area contributed by atoms with E-state index in [2.05, 4.69) is 11.7 Å². The smallest absolute Gasteiger partial charge is 0.344 e. The molecule has 1 saturated carbocycles. The van der Waals surface area contributed by atoms with Crippen molar-refractivity contribution in [3.05, 3.63) is 6.92 Å². The van der Waals surface area contributed by atoms with E-state index in [1.165, 1.54) is 0 Å². The van der Waals surface area contributed by atoms with Crippen LogP contribution in [0.2, 0.25) is 0 Å². The zero-order valence-electron chi connectivity index (χ0n) is 11.6. The van der Waals surface area contributed by atoms with Crippen molar-refractivity contribution in [2.45, 2.75) is 51.2 Å². The molecule has 0 aromatic carbocycles. The van der Waals surface area contributed by atoms with E-state index in [0.717, 1.165) is 0 Å². The van der Waals surface area contributed by atoms with Crippen LogP contribution in [-0.4, -0.2) is 36.7 Å². The zero-order chi connectivity index (χ0) is 14.3. The summed E-state index contributed by atoms with van der Waals surface area (Å²) in [7, 11) is 0. The van der Waals surface area contributed by atoms with Gasteiger partial charge in [-0.15, -0.1) is 0 Å². The van der Waals surface area contributed by atoms with Crippen molar-refractivity contribution in [2.75, 3.05) is 6.61 Å². The standard InChI is InChI=1S/C13H19O6.Y/c1-3-12(15)18-10-4-6-11(7-5-10)19-13(16)8-17-9(2)14;/h10-11H,2-8H2,1H3;/q-1;. The van der Waals surface area contributed by atoms with Gasteiger partial charge in [0.2, 0.25) is 0 Å². The number of carbonyl (C=O) groups is 3. The minimum atomic E-state index is -0.757. The molecule has 20 heavy (non-hydrogen) atoms. The summed E-state index contributed by atoms with van der Waals surface area (Å²) in [6, 6.07) is 0. The number of rotatable bonds is 5. The second-order valence-corrected chi connectivity index (χ2v) is 4.39. The molecule has 1 aliphatic rings. The third kappa shape index (κ3) is 7.85. The average Bonchev–Trinajstić information content (AvgIpc) is 2.38. The molecule has 0 amide bonds. The Bertz CT molecular complexity index is 336. The van der Waals surface area contributed by atoms with Crippen molar-refractivity contribution >= 4 is 17.9 Å². The monoisotopic (exact) mass is 360 g/mol. The molecule has 0 bridgehead atoms. The van der Waals surface area contributed by atoms with Gasteiger partial charge in [0.15, 0.2) is 12.6 Å². The molecule has 111 valence electrons. The summed E-state index contributed by atoms with van der Waals surface area (Å²) < 4.78 is 14.8. The number of hydrogen-bond donors (Lipinski definition) is 0. The van der Waals surface area contributed by atoms with E-state index < -0.39 is 18.5 Å². The van der Waals surface area contributed by atoms with Gasteiger partial charge in [-0.05, 0) is 25.7 Å². The van der Waals surface area contributed by atoms with Gasteiger partial charge in [0, 0.05) is 39.1 Å². The first kappa shape index (κ1) is 19.4. The van der Waals surface area contributed by atoms with E-state index in [0.29, 0.717) is 32.1 Å². The molecule has 1 radical (unpaired) electrons. The SMILES string of the molecule is [CH2-]C(=O)OCC(=O)OC1CCC(OC(=O)CC)CC1.[Y]. The van der Waals surface area contributed by atoms with E-state index in [1.54, 1.807) is 6.92 Å². The van der Waals surface area contributed by atoms with Gasteiger partial charge in [-0.2, -0.15) is 0 Å². The molecule has 0 heterocycles.